The Labute approximate surface area is 95.1 Å². The summed E-state index contributed by atoms with van der Waals surface area (Å²) in [6, 6.07) is 1.89. The van der Waals surface area contributed by atoms with Gasteiger partial charge in [0.2, 0.25) is 5.28 Å². The Balaban J connectivity index is 2.08. The van der Waals surface area contributed by atoms with Crippen molar-refractivity contribution in [2.75, 3.05) is 0 Å². The van der Waals surface area contributed by atoms with E-state index in [0.29, 0.717) is 11.2 Å². The third-order valence-electron chi connectivity index (χ3n) is 3.15. The van der Waals surface area contributed by atoms with E-state index in [1.54, 1.807) is 6.20 Å². The van der Waals surface area contributed by atoms with Crippen LogP contribution in [0.5, 0.6) is 0 Å². The van der Waals surface area contributed by atoms with E-state index in [-0.39, 0.29) is 6.04 Å². The van der Waals surface area contributed by atoms with Gasteiger partial charge < -0.3 is 5.73 Å². The first-order valence-corrected chi connectivity index (χ1v) is 5.89. The summed E-state index contributed by atoms with van der Waals surface area (Å²) in [6.07, 6.45) is 8.01. The molecule has 0 spiro atoms. The Kier molecular flexibility index (Phi) is 3.54. The molecule has 4 heteroatoms. The molecule has 2 N–H and O–H groups in total. The number of rotatable bonds is 2. The summed E-state index contributed by atoms with van der Waals surface area (Å²) in [7, 11) is 0. The fraction of sp³-hybridized carbons (Fsp3) is 0.636. The first-order chi connectivity index (χ1) is 7.27. The van der Waals surface area contributed by atoms with Crippen molar-refractivity contribution < 1.29 is 0 Å². The van der Waals surface area contributed by atoms with Crippen LogP contribution in [0.4, 0.5) is 0 Å². The lowest BCUT2D eigenvalue weighted by Crippen LogP contribution is -2.24. The zero-order chi connectivity index (χ0) is 10.7. The summed E-state index contributed by atoms with van der Waals surface area (Å²) in [4.78, 5) is 8.04. The standard InChI is InChI=1S/C11H16ClN3/c12-11-14-7-6-9(15-11)10(13)8-4-2-1-3-5-8/h6-8,10H,1-5,13H2. The highest BCUT2D eigenvalue weighted by Gasteiger charge is 2.22. The van der Waals surface area contributed by atoms with Gasteiger partial charge in [0.05, 0.1) is 11.7 Å². The third-order valence-corrected chi connectivity index (χ3v) is 3.33. The highest BCUT2D eigenvalue weighted by atomic mass is 35.5. The normalized spacial score (nSPS) is 20.1. The maximum absolute atomic E-state index is 6.19. The van der Waals surface area contributed by atoms with Gasteiger partial charge in [0.25, 0.3) is 0 Å². The van der Waals surface area contributed by atoms with Gasteiger partial charge in [-0.15, -0.1) is 0 Å². The minimum Gasteiger partial charge on any atom is -0.322 e. The van der Waals surface area contributed by atoms with Crippen LogP contribution in [0.2, 0.25) is 5.28 Å². The zero-order valence-corrected chi connectivity index (χ0v) is 9.45. The third kappa shape index (κ3) is 2.67. The van der Waals surface area contributed by atoms with Gasteiger partial charge in [0.1, 0.15) is 0 Å². The lowest BCUT2D eigenvalue weighted by atomic mass is 9.83. The number of hydrogen-bond acceptors (Lipinski definition) is 3. The van der Waals surface area contributed by atoms with Crippen LogP contribution >= 0.6 is 11.6 Å². The van der Waals surface area contributed by atoms with Crippen LogP contribution in [-0.2, 0) is 0 Å². The second-order valence-corrected chi connectivity index (χ2v) is 4.51. The predicted octanol–water partition coefficient (Wildman–Crippen LogP) is 2.71. The zero-order valence-electron chi connectivity index (χ0n) is 8.69. The molecule has 0 bridgehead atoms. The quantitative estimate of drug-likeness (QED) is 0.788. The van der Waals surface area contributed by atoms with E-state index in [0.717, 1.165) is 5.69 Å². The molecule has 0 amide bonds. The second-order valence-electron chi connectivity index (χ2n) is 4.17. The molecule has 1 saturated carbocycles. The Morgan fingerprint density at radius 3 is 2.73 bits per heavy atom. The predicted molar refractivity (Wildman–Crippen MR) is 60.5 cm³/mol. The van der Waals surface area contributed by atoms with E-state index in [9.17, 15) is 0 Å². The highest BCUT2D eigenvalue weighted by Crippen LogP contribution is 2.32. The van der Waals surface area contributed by atoms with Gasteiger partial charge in [0, 0.05) is 6.20 Å². The Hall–Kier alpha value is -0.670. The largest absolute Gasteiger partial charge is 0.322 e. The van der Waals surface area contributed by atoms with E-state index in [1.165, 1.54) is 32.1 Å². The van der Waals surface area contributed by atoms with Gasteiger partial charge in [-0.1, -0.05) is 19.3 Å². The molecule has 0 radical (unpaired) electrons. The number of aromatic nitrogens is 2. The highest BCUT2D eigenvalue weighted by molar-refractivity contribution is 6.28. The lowest BCUT2D eigenvalue weighted by molar-refractivity contribution is 0.304. The fourth-order valence-electron chi connectivity index (χ4n) is 2.27. The fourth-order valence-corrected chi connectivity index (χ4v) is 2.42. The molecule has 15 heavy (non-hydrogen) atoms. The maximum Gasteiger partial charge on any atom is 0.222 e. The molecule has 1 aliphatic carbocycles. The van der Waals surface area contributed by atoms with E-state index >= 15 is 0 Å². The number of nitrogens with zero attached hydrogens (tertiary/aromatic N) is 2. The monoisotopic (exact) mass is 225 g/mol. The molecule has 1 atom stereocenters. The minimum atomic E-state index is 0.0193. The van der Waals surface area contributed by atoms with Crippen molar-refractivity contribution in [3.05, 3.63) is 23.2 Å². The first kappa shape index (κ1) is 10.8. The molecule has 0 aromatic carbocycles. The van der Waals surface area contributed by atoms with E-state index in [1.807, 2.05) is 6.07 Å². The van der Waals surface area contributed by atoms with Crippen molar-refractivity contribution in [2.24, 2.45) is 11.7 Å². The van der Waals surface area contributed by atoms with E-state index < -0.39 is 0 Å². The smallest absolute Gasteiger partial charge is 0.222 e. The molecule has 0 aliphatic heterocycles. The van der Waals surface area contributed by atoms with Crippen LogP contribution in [0.3, 0.4) is 0 Å². The summed E-state index contributed by atoms with van der Waals surface area (Å²) in [5.41, 5.74) is 7.07. The van der Waals surface area contributed by atoms with Crippen LogP contribution in [0, 0.1) is 5.92 Å². The van der Waals surface area contributed by atoms with Gasteiger partial charge in [-0.25, -0.2) is 9.97 Å². The van der Waals surface area contributed by atoms with Crippen molar-refractivity contribution in [3.8, 4) is 0 Å². The molecule has 0 saturated heterocycles. The van der Waals surface area contributed by atoms with Gasteiger partial charge in [-0.05, 0) is 36.4 Å². The molecule has 1 aromatic rings. The van der Waals surface area contributed by atoms with Crippen LogP contribution in [-0.4, -0.2) is 9.97 Å². The molecule has 1 heterocycles. The lowest BCUT2D eigenvalue weighted by Gasteiger charge is -2.26. The molecular weight excluding hydrogens is 210 g/mol. The molecule has 1 fully saturated rings. The average Bonchev–Trinajstić information content (AvgIpc) is 2.29. The van der Waals surface area contributed by atoms with Crippen molar-refractivity contribution >= 4 is 11.6 Å². The van der Waals surface area contributed by atoms with Gasteiger partial charge in [0.15, 0.2) is 0 Å². The van der Waals surface area contributed by atoms with Crippen LogP contribution in [0.15, 0.2) is 12.3 Å². The summed E-state index contributed by atoms with van der Waals surface area (Å²) in [5.74, 6) is 0.560. The van der Waals surface area contributed by atoms with Crippen LogP contribution < -0.4 is 5.73 Å². The topological polar surface area (TPSA) is 51.8 Å². The molecule has 1 aromatic heterocycles. The molecule has 3 nitrogen and oxygen atoms in total. The molecular formula is C11H16ClN3. The second kappa shape index (κ2) is 4.90. The van der Waals surface area contributed by atoms with Gasteiger partial charge in [-0.3, -0.25) is 0 Å². The SMILES string of the molecule is NC(c1ccnc(Cl)n1)C1CCCCC1. The number of halogens is 1. The van der Waals surface area contributed by atoms with Gasteiger partial charge >= 0.3 is 0 Å². The van der Waals surface area contributed by atoms with Crippen molar-refractivity contribution in [2.45, 2.75) is 38.1 Å². The van der Waals surface area contributed by atoms with Crippen LogP contribution in [0.1, 0.15) is 43.8 Å². The molecule has 1 unspecified atom stereocenters. The average molecular weight is 226 g/mol. The van der Waals surface area contributed by atoms with E-state index in [4.69, 9.17) is 17.3 Å². The van der Waals surface area contributed by atoms with Crippen LogP contribution in [0.25, 0.3) is 0 Å². The number of nitrogens with two attached hydrogens (primary N) is 1. The van der Waals surface area contributed by atoms with Crippen molar-refractivity contribution in [1.82, 2.24) is 9.97 Å². The van der Waals surface area contributed by atoms with Crippen molar-refractivity contribution in [1.29, 1.82) is 0 Å². The summed E-state index contributed by atoms with van der Waals surface area (Å²) in [6.45, 7) is 0. The molecule has 1 aliphatic rings. The first-order valence-electron chi connectivity index (χ1n) is 5.51. The minimum absolute atomic E-state index is 0.0193. The maximum atomic E-state index is 6.19. The van der Waals surface area contributed by atoms with Crippen molar-refractivity contribution in [3.63, 3.8) is 0 Å². The van der Waals surface area contributed by atoms with E-state index in [2.05, 4.69) is 9.97 Å². The van der Waals surface area contributed by atoms with Gasteiger partial charge in [-0.2, -0.15) is 0 Å². The Morgan fingerprint density at radius 2 is 2.07 bits per heavy atom. The summed E-state index contributed by atoms with van der Waals surface area (Å²) >= 11 is 5.75. The number of hydrogen-bond donors (Lipinski definition) is 1. The Morgan fingerprint density at radius 1 is 1.33 bits per heavy atom. The summed E-state index contributed by atoms with van der Waals surface area (Å²) < 4.78 is 0. The summed E-state index contributed by atoms with van der Waals surface area (Å²) in [5, 5.41) is 0.291. The Bertz CT molecular complexity index is 323. The molecule has 82 valence electrons. The molecule has 2 rings (SSSR count).